The van der Waals surface area contributed by atoms with Gasteiger partial charge in [0.1, 0.15) is 0 Å². The predicted octanol–water partition coefficient (Wildman–Crippen LogP) is 4.39. The molecule has 3 aromatic rings. The van der Waals surface area contributed by atoms with Crippen LogP contribution in [0.15, 0.2) is 41.3 Å². The number of carbonyl (C=O) groups is 1. The zero-order chi connectivity index (χ0) is 25.9. The lowest BCUT2D eigenvalue weighted by atomic mass is 10.1. The lowest BCUT2D eigenvalue weighted by Crippen LogP contribution is -2.39. The van der Waals surface area contributed by atoms with Gasteiger partial charge in [-0.3, -0.25) is 14.6 Å². The molecule has 1 aliphatic rings. The minimum absolute atomic E-state index is 0.0372. The number of fused-ring (bicyclic) bond motifs is 1. The summed E-state index contributed by atoms with van der Waals surface area (Å²) in [6, 6.07) is 10.9. The smallest absolute Gasteiger partial charge is 0.233 e. The van der Waals surface area contributed by atoms with Gasteiger partial charge in [-0.1, -0.05) is 29.5 Å². The number of amides is 1. The number of carbonyl (C=O) groups excluding carboxylic acids is 1. The van der Waals surface area contributed by atoms with Crippen molar-refractivity contribution in [2.45, 2.75) is 50.7 Å². The number of anilines is 1. The van der Waals surface area contributed by atoms with Crippen molar-refractivity contribution in [1.29, 1.82) is 0 Å². The van der Waals surface area contributed by atoms with Crippen LogP contribution in [0.2, 0.25) is 0 Å². The second-order valence-corrected chi connectivity index (χ2v) is 13.2. The molecular weight excluding hydrogens is 494 g/mol. The van der Waals surface area contributed by atoms with Crippen molar-refractivity contribution in [2.75, 3.05) is 44.3 Å². The summed E-state index contributed by atoms with van der Waals surface area (Å²) in [5.41, 5.74) is 4.01. The number of sulfone groups is 1. The van der Waals surface area contributed by atoms with Crippen LogP contribution < -0.4 is 4.90 Å². The number of aromatic nitrogens is 1. The highest BCUT2D eigenvalue weighted by Crippen LogP contribution is 2.32. The fraction of sp³-hybridized carbons (Fsp3) is 0.481. The molecule has 1 aliphatic heterocycles. The summed E-state index contributed by atoms with van der Waals surface area (Å²) >= 11 is 1.55. The van der Waals surface area contributed by atoms with Gasteiger partial charge in [-0.05, 0) is 69.0 Å². The molecule has 9 heteroatoms. The number of hydrogen-bond donors (Lipinski definition) is 0. The second kappa shape index (κ2) is 11.4. The molecule has 2 aromatic carbocycles. The lowest BCUT2D eigenvalue weighted by molar-refractivity contribution is -0.118. The van der Waals surface area contributed by atoms with E-state index < -0.39 is 15.1 Å². The number of aryl methyl sites for hydroxylation is 2. The quantitative estimate of drug-likeness (QED) is 0.409. The van der Waals surface area contributed by atoms with Crippen molar-refractivity contribution in [3.8, 4) is 0 Å². The highest BCUT2D eigenvalue weighted by Gasteiger charge is 2.23. The molecule has 0 bridgehead atoms. The Bertz CT molecular complexity index is 1310. The van der Waals surface area contributed by atoms with Gasteiger partial charge in [-0.2, -0.15) is 0 Å². The first-order valence-electron chi connectivity index (χ1n) is 12.5. The van der Waals surface area contributed by atoms with Gasteiger partial charge in [-0.25, -0.2) is 13.4 Å². The van der Waals surface area contributed by atoms with Crippen LogP contribution in [0.25, 0.3) is 10.2 Å². The molecular formula is C27H35N3O4S2. The van der Waals surface area contributed by atoms with Crippen molar-refractivity contribution < 1.29 is 17.9 Å². The summed E-state index contributed by atoms with van der Waals surface area (Å²) in [6.45, 7) is 12.3. The maximum absolute atomic E-state index is 13.6. The van der Waals surface area contributed by atoms with E-state index in [1.165, 1.54) is 5.56 Å². The molecule has 1 amide bonds. The maximum atomic E-state index is 13.6. The first-order valence-corrected chi connectivity index (χ1v) is 14.8. The predicted molar refractivity (Wildman–Crippen MR) is 146 cm³/mol. The fourth-order valence-corrected chi connectivity index (χ4v) is 6.66. The average molecular weight is 530 g/mol. The number of nitrogens with zero attached hydrogens (tertiary/aromatic N) is 3. The number of rotatable bonds is 9. The molecule has 4 rings (SSSR count). The summed E-state index contributed by atoms with van der Waals surface area (Å²) in [4.78, 5) is 22.9. The molecule has 7 nitrogen and oxygen atoms in total. The van der Waals surface area contributed by atoms with Crippen LogP contribution in [0.5, 0.6) is 0 Å². The van der Waals surface area contributed by atoms with Gasteiger partial charge >= 0.3 is 0 Å². The zero-order valence-electron chi connectivity index (χ0n) is 21.5. The Morgan fingerprint density at radius 3 is 2.50 bits per heavy atom. The molecule has 0 radical (unpaired) electrons. The molecule has 2 heterocycles. The summed E-state index contributed by atoms with van der Waals surface area (Å²) in [5, 5.41) is 0.225. The highest BCUT2D eigenvalue weighted by atomic mass is 32.2. The monoisotopic (exact) mass is 529 g/mol. The number of hydrogen-bond acceptors (Lipinski definition) is 7. The van der Waals surface area contributed by atoms with Gasteiger partial charge in [0.2, 0.25) is 5.91 Å². The number of thiazole rings is 1. The highest BCUT2D eigenvalue weighted by molar-refractivity contribution is 7.92. The maximum Gasteiger partial charge on any atom is 0.233 e. The van der Waals surface area contributed by atoms with E-state index in [1.807, 2.05) is 0 Å². The van der Waals surface area contributed by atoms with Crippen LogP contribution >= 0.6 is 11.3 Å². The Morgan fingerprint density at radius 1 is 1.14 bits per heavy atom. The van der Waals surface area contributed by atoms with Gasteiger partial charge < -0.3 is 4.74 Å². The van der Waals surface area contributed by atoms with E-state index in [2.05, 4.69) is 30.9 Å². The number of morpholine rings is 1. The van der Waals surface area contributed by atoms with Crippen LogP contribution in [0.4, 0.5) is 5.13 Å². The zero-order valence-corrected chi connectivity index (χ0v) is 23.1. The molecule has 0 saturated carbocycles. The number of benzene rings is 2. The fourth-order valence-electron chi connectivity index (χ4n) is 4.42. The molecule has 194 valence electrons. The molecule has 0 spiro atoms. The van der Waals surface area contributed by atoms with Gasteiger partial charge in [0.05, 0.1) is 40.0 Å². The Balaban J connectivity index is 1.54. The van der Waals surface area contributed by atoms with E-state index in [1.54, 1.807) is 54.3 Å². The average Bonchev–Trinajstić information content (AvgIpc) is 3.26. The van der Waals surface area contributed by atoms with E-state index in [-0.39, 0.29) is 17.2 Å². The Morgan fingerprint density at radius 2 is 1.83 bits per heavy atom. The summed E-state index contributed by atoms with van der Waals surface area (Å²) in [6.07, 6.45) is 1.03. The standard InChI is InChI=1S/C27H35N3O4S2/c1-19(2)36(32,33)23-8-6-22(7-9-23)18-25(31)30(11-5-10-29-12-14-34-15-13-29)27-28-26-21(4)16-20(3)17-24(26)35-27/h6-9,16-17,19H,5,10-15,18H2,1-4H3. The topological polar surface area (TPSA) is 79.8 Å². The molecule has 0 unspecified atom stereocenters. The van der Waals surface area contributed by atoms with Crippen molar-refractivity contribution in [3.05, 3.63) is 53.1 Å². The molecule has 0 N–H and O–H groups in total. The molecule has 1 fully saturated rings. The lowest BCUT2D eigenvalue weighted by Gasteiger charge is -2.27. The van der Waals surface area contributed by atoms with Crippen molar-refractivity contribution in [1.82, 2.24) is 9.88 Å². The van der Waals surface area contributed by atoms with E-state index in [0.29, 0.717) is 11.7 Å². The summed E-state index contributed by atoms with van der Waals surface area (Å²) in [7, 11) is -3.34. The third kappa shape index (κ3) is 6.14. The minimum Gasteiger partial charge on any atom is -0.379 e. The van der Waals surface area contributed by atoms with Crippen LogP contribution in [-0.4, -0.2) is 68.9 Å². The van der Waals surface area contributed by atoms with Gasteiger partial charge in [0.25, 0.3) is 0 Å². The van der Waals surface area contributed by atoms with Crippen LogP contribution in [-0.2, 0) is 25.8 Å². The largest absolute Gasteiger partial charge is 0.379 e. The molecule has 36 heavy (non-hydrogen) atoms. The van der Waals surface area contributed by atoms with Crippen LogP contribution in [0, 0.1) is 13.8 Å². The van der Waals surface area contributed by atoms with Crippen molar-refractivity contribution in [3.63, 3.8) is 0 Å². The van der Waals surface area contributed by atoms with Crippen LogP contribution in [0.1, 0.15) is 37.0 Å². The van der Waals surface area contributed by atoms with Crippen molar-refractivity contribution in [2.24, 2.45) is 0 Å². The molecule has 1 saturated heterocycles. The molecule has 1 aromatic heterocycles. The Hall–Kier alpha value is -2.33. The summed E-state index contributed by atoms with van der Waals surface area (Å²) in [5.74, 6) is -0.0372. The third-order valence-electron chi connectivity index (χ3n) is 6.54. The van der Waals surface area contributed by atoms with Crippen molar-refractivity contribution >= 4 is 42.4 Å². The first kappa shape index (κ1) is 26.7. The second-order valence-electron chi connectivity index (χ2n) is 9.69. The van der Waals surface area contributed by atoms with E-state index in [9.17, 15) is 13.2 Å². The summed E-state index contributed by atoms with van der Waals surface area (Å²) < 4.78 is 31.4. The third-order valence-corrected chi connectivity index (χ3v) is 9.73. The van der Waals surface area contributed by atoms with E-state index in [0.717, 1.165) is 60.6 Å². The Kier molecular flexibility index (Phi) is 8.44. The van der Waals surface area contributed by atoms with E-state index >= 15 is 0 Å². The van der Waals surface area contributed by atoms with Crippen LogP contribution in [0.3, 0.4) is 0 Å². The first-order chi connectivity index (χ1) is 17.1. The normalized spacial score (nSPS) is 15.0. The molecule has 0 atom stereocenters. The Labute approximate surface area is 218 Å². The molecule has 0 aliphatic carbocycles. The van der Waals surface area contributed by atoms with Gasteiger partial charge in [-0.15, -0.1) is 0 Å². The van der Waals surface area contributed by atoms with Gasteiger partial charge in [0, 0.05) is 26.2 Å². The SMILES string of the molecule is Cc1cc(C)c2nc(N(CCCN3CCOCC3)C(=O)Cc3ccc(S(=O)(=O)C(C)C)cc3)sc2c1. The van der Waals surface area contributed by atoms with E-state index in [4.69, 9.17) is 9.72 Å². The van der Waals surface area contributed by atoms with Gasteiger partial charge in [0.15, 0.2) is 15.0 Å². The minimum atomic E-state index is -3.34. The number of ether oxygens (including phenoxy) is 1.